The van der Waals surface area contributed by atoms with Crippen LogP contribution in [0.4, 0.5) is 0 Å². The fraction of sp³-hybridized carbons (Fsp3) is 0.438. The molecule has 0 aliphatic heterocycles. The van der Waals surface area contributed by atoms with E-state index in [0.29, 0.717) is 23.8 Å². The van der Waals surface area contributed by atoms with Crippen LogP contribution in [0, 0.1) is 17.2 Å². The van der Waals surface area contributed by atoms with Crippen molar-refractivity contribution in [3.8, 4) is 5.75 Å². The number of nitrogens with one attached hydrogen (secondary N) is 2. The minimum Gasteiger partial charge on any atom is -0.426 e. The molecule has 1 fully saturated rings. The third-order valence-electron chi connectivity index (χ3n) is 4.00. The van der Waals surface area contributed by atoms with Crippen LogP contribution in [0.2, 0.25) is 0 Å². The summed E-state index contributed by atoms with van der Waals surface area (Å²) in [6, 6.07) is 6.51. The summed E-state index contributed by atoms with van der Waals surface area (Å²) < 4.78 is 5.36. The number of hydrogen-bond donors (Lipinski definition) is 3. The Labute approximate surface area is 141 Å². The minimum atomic E-state index is -0.211. The number of esters is 1. The van der Waals surface area contributed by atoms with Gasteiger partial charge in [0.2, 0.25) is 0 Å². The number of benzene rings is 1. The molecule has 0 spiro atoms. The van der Waals surface area contributed by atoms with E-state index >= 15 is 0 Å². The number of guanidine groups is 1. The molecule has 0 unspecified atom stereocenters. The van der Waals surface area contributed by atoms with Crippen molar-refractivity contribution in [2.24, 2.45) is 17.6 Å². The van der Waals surface area contributed by atoms with E-state index in [1.807, 2.05) is 0 Å². The lowest BCUT2D eigenvalue weighted by Crippen LogP contribution is -2.36. The van der Waals surface area contributed by atoms with E-state index < -0.39 is 0 Å². The maximum absolute atomic E-state index is 12.1. The molecule has 0 aromatic heterocycles. The zero-order valence-corrected chi connectivity index (χ0v) is 13.6. The molecule has 7 heteroatoms. The lowest BCUT2D eigenvalue weighted by Gasteiger charge is -2.27. The molecule has 4 N–H and O–H groups in total. The SMILES string of the molecule is Cl.N=C(N)NCC1CCC(C(=O)Oc2ccc(C=O)cc2)CC1. The third kappa shape index (κ3) is 5.90. The molecular formula is C16H22ClN3O3. The molecule has 23 heavy (non-hydrogen) atoms. The highest BCUT2D eigenvalue weighted by Crippen LogP contribution is 2.29. The van der Waals surface area contributed by atoms with E-state index in [1.54, 1.807) is 24.3 Å². The van der Waals surface area contributed by atoms with Crippen molar-refractivity contribution < 1.29 is 14.3 Å². The molecule has 1 saturated carbocycles. The van der Waals surface area contributed by atoms with Gasteiger partial charge in [0.25, 0.3) is 0 Å². The highest BCUT2D eigenvalue weighted by Gasteiger charge is 2.27. The molecule has 0 heterocycles. The standard InChI is InChI=1S/C16H21N3O3.ClH/c17-16(18)19-9-11-1-5-13(6-2-11)15(21)22-14-7-3-12(10-20)4-8-14;/h3-4,7-8,10-11,13H,1-2,5-6,9H2,(H4,17,18,19);1H. The number of ether oxygens (including phenoxy) is 1. The van der Waals surface area contributed by atoms with Gasteiger partial charge in [0.05, 0.1) is 5.92 Å². The molecule has 2 rings (SSSR count). The van der Waals surface area contributed by atoms with Gasteiger partial charge in [-0.2, -0.15) is 0 Å². The van der Waals surface area contributed by atoms with Crippen molar-refractivity contribution in [2.45, 2.75) is 25.7 Å². The first kappa shape index (κ1) is 19.0. The monoisotopic (exact) mass is 339 g/mol. The van der Waals surface area contributed by atoms with E-state index in [0.717, 1.165) is 32.0 Å². The lowest BCUT2D eigenvalue weighted by atomic mass is 9.82. The predicted molar refractivity (Wildman–Crippen MR) is 90.1 cm³/mol. The minimum absolute atomic E-state index is 0. The molecule has 1 aromatic rings. The van der Waals surface area contributed by atoms with Crippen molar-refractivity contribution in [3.63, 3.8) is 0 Å². The summed E-state index contributed by atoms with van der Waals surface area (Å²) in [7, 11) is 0. The molecular weight excluding hydrogens is 318 g/mol. The molecule has 0 radical (unpaired) electrons. The second-order valence-corrected chi connectivity index (χ2v) is 5.62. The molecule has 6 nitrogen and oxygen atoms in total. The number of nitrogens with two attached hydrogens (primary N) is 1. The van der Waals surface area contributed by atoms with Crippen LogP contribution in [0.15, 0.2) is 24.3 Å². The molecule has 126 valence electrons. The van der Waals surface area contributed by atoms with Crippen molar-refractivity contribution >= 4 is 30.6 Å². The largest absolute Gasteiger partial charge is 0.426 e. The van der Waals surface area contributed by atoms with E-state index in [4.69, 9.17) is 15.9 Å². The number of carbonyl (C=O) groups excluding carboxylic acids is 2. The van der Waals surface area contributed by atoms with Gasteiger partial charge in [0.1, 0.15) is 12.0 Å². The van der Waals surface area contributed by atoms with Crippen LogP contribution in [-0.4, -0.2) is 24.8 Å². The van der Waals surface area contributed by atoms with Crippen molar-refractivity contribution in [2.75, 3.05) is 6.54 Å². The summed E-state index contributed by atoms with van der Waals surface area (Å²) >= 11 is 0. The van der Waals surface area contributed by atoms with Crippen LogP contribution in [0.1, 0.15) is 36.0 Å². The maximum atomic E-state index is 12.1. The Morgan fingerprint density at radius 3 is 2.39 bits per heavy atom. The highest BCUT2D eigenvalue weighted by atomic mass is 35.5. The second-order valence-electron chi connectivity index (χ2n) is 5.62. The van der Waals surface area contributed by atoms with Gasteiger partial charge >= 0.3 is 5.97 Å². The van der Waals surface area contributed by atoms with Crippen molar-refractivity contribution in [3.05, 3.63) is 29.8 Å². The average Bonchev–Trinajstić information content (AvgIpc) is 2.54. The summed E-state index contributed by atoms with van der Waals surface area (Å²) in [5.74, 6) is 0.604. The molecule has 0 atom stereocenters. The Morgan fingerprint density at radius 2 is 1.87 bits per heavy atom. The normalized spacial score (nSPS) is 20.0. The highest BCUT2D eigenvalue weighted by molar-refractivity contribution is 5.85. The Kier molecular flexibility index (Phi) is 7.54. The second kappa shape index (κ2) is 9.15. The van der Waals surface area contributed by atoms with Crippen molar-refractivity contribution in [1.29, 1.82) is 5.41 Å². The molecule has 1 aromatic carbocycles. The average molecular weight is 340 g/mol. The quantitative estimate of drug-likeness (QED) is 0.250. The van der Waals surface area contributed by atoms with Gasteiger partial charge in [0, 0.05) is 12.1 Å². The van der Waals surface area contributed by atoms with Crippen LogP contribution in [-0.2, 0) is 4.79 Å². The van der Waals surface area contributed by atoms with Crippen LogP contribution < -0.4 is 15.8 Å². The Balaban J connectivity index is 0.00000264. The van der Waals surface area contributed by atoms with Crippen LogP contribution in [0.25, 0.3) is 0 Å². The maximum Gasteiger partial charge on any atom is 0.314 e. The first-order chi connectivity index (χ1) is 10.6. The molecule has 0 saturated heterocycles. The smallest absolute Gasteiger partial charge is 0.314 e. The van der Waals surface area contributed by atoms with Gasteiger partial charge < -0.3 is 15.8 Å². The number of hydrogen-bond acceptors (Lipinski definition) is 4. The van der Waals surface area contributed by atoms with E-state index in [9.17, 15) is 9.59 Å². The zero-order chi connectivity index (χ0) is 15.9. The van der Waals surface area contributed by atoms with Gasteiger partial charge in [-0.1, -0.05) is 0 Å². The predicted octanol–water partition coefficient (Wildman–Crippen LogP) is 2.12. The number of aldehydes is 1. The number of halogens is 1. The van der Waals surface area contributed by atoms with Gasteiger partial charge in [-0.25, -0.2) is 0 Å². The molecule has 0 bridgehead atoms. The van der Waals surface area contributed by atoms with Gasteiger partial charge in [0.15, 0.2) is 5.96 Å². The van der Waals surface area contributed by atoms with Gasteiger partial charge in [-0.3, -0.25) is 15.0 Å². The number of carbonyl (C=O) groups is 2. The Hall–Kier alpha value is -2.08. The summed E-state index contributed by atoms with van der Waals surface area (Å²) in [6.07, 6.45) is 4.17. The molecule has 1 aliphatic carbocycles. The van der Waals surface area contributed by atoms with Crippen molar-refractivity contribution in [1.82, 2.24) is 5.32 Å². The molecule has 1 aliphatic rings. The topological polar surface area (TPSA) is 105 Å². The summed E-state index contributed by atoms with van der Waals surface area (Å²) in [5, 5.41) is 9.97. The first-order valence-corrected chi connectivity index (χ1v) is 7.43. The first-order valence-electron chi connectivity index (χ1n) is 7.43. The zero-order valence-electron chi connectivity index (χ0n) is 12.8. The van der Waals surface area contributed by atoms with Gasteiger partial charge in [-0.05, 0) is 55.9 Å². The summed E-state index contributed by atoms with van der Waals surface area (Å²) in [5.41, 5.74) is 5.82. The number of rotatable bonds is 5. The van der Waals surface area contributed by atoms with E-state index in [1.165, 1.54) is 0 Å². The van der Waals surface area contributed by atoms with E-state index in [2.05, 4.69) is 5.32 Å². The molecule has 0 amide bonds. The Bertz CT molecular complexity index is 540. The Morgan fingerprint density at radius 1 is 1.26 bits per heavy atom. The van der Waals surface area contributed by atoms with Gasteiger partial charge in [-0.15, -0.1) is 12.4 Å². The fourth-order valence-corrected chi connectivity index (χ4v) is 2.67. The summed E-state index contributed by atoms with van der Waals surface area (Å²) in [4.78, 5) is 22.7. The fourth-order valence-electron chi connectivity index (χ4n) is 2.67. The lowest BCUT2D eigenvalue weighted by molar-refractivity contribution is -0.140. The summed E-state index contributed by atoms with van der Waals surface area (Å²) in [6.45, 7) is 0.685. The third-order valence-corrected chi connectivity index (χ3v) is 4.00. The van der Waals surface area contributed by atoms with Crippen LogP contribution in [0.3, 0.4) is 0 Å². The van der Waals surface area contributed by atoms with E-state index in [-0.39, 0.29) is 30.3 Å². The van der Waals surface area contributed by atoms with Crippen LogP contribution >= 0.6 is 12.4 Å². The van der Waals surface area contributed by atoms with Crippen LogP contribution in [0.5, 0.6) is 5.75 Å².